The number of hydrogen-bond donors (Lipinski definition) is 2. The maximum Gasteiger partial charge on any atom is 0.262 e. The third-order valence-electron chi connectivity index (χ3n) is 3.23. The predicted octanol–water partition coefficient (Wildman–Crippen LogP) is 4.48. The van der Waals surface area contributed by atoms with Crippen LogP contribution in [0.5, 0.6) is 11.5 Å². The molecule has 23 heavy (non-hydrogen) atoms. The molecule has 118 valence electrons. The van der Waals surface area contributed by atoms with E-state index in [4.69, 9.17) is 4.74 Å². The van der Waals surface area contributed by atoms with Gasteiger partial charge in [-0.1, -0.05) is 23.9 Å². The van der Waals surface area contributed by atoms with E-state index in [-0.39, 0.29) is 11.7 Å². The van der Waals surface area contributed by atoms with E-state index in [1.807, 2.05) is 59.8 Å². The zero-order valence-electron chi connectivity index (χ0n) is 12.3. The lowest BCUT2D eigenvalue weighted by atomic mass is 10.2. The van der Waals surface area contributed by atoms with Crippen molar-refractivity contribution in [3.05, 3.63) is 50.4 Å². The van der Waals surface area contributed by atoms with Crippen molar-refractivity contribution in [2.24, 2.45) is 0 Å². The van der Waals surface area contributed by atoms with Gasteiger partial charge < -0.3 is 15.2 Å². The Bertz CT molecular complexity index is 804. The van der Waals surface area contributed by atoms with Crippen molar-refractivity contribution >= 4 is 52.0 Å². The van der Waals surface area contributed by atoms with Crippen LogP contribution < -0.4 is 10.1 Å². The maximum absolute atomic E-state index is 12.2. The molecule has 2 aromatic carbocycles. The predicted molar refractivity (Wildman–Crippen MR) is 101 cm³/mol. The second-order valence-electron chi connectivity index (χ2n) is 4.84. The van der Waals surface area contributed by atoms with E-state index in [0.717, 1.165) is 16.1 Å². The first-order chi connectivity index (χ1) is 11.1. The molecule has 0 saturated carbocycles. The van der Waals surface area contributed by atoms with Crippen LogP contribution in [-0.2, 0) is 4.79 Å². The Balaban J connectivity index is 1.97. The van der Waals surface area contributed by atoms with Crippen LogP contribution in [0.25, 0.3) is 6.08 Å². The number of phenols is 1. The standard InChI is InChI=1S/C17H14INO3S/c1-2-22-13-8-10(7-11(18)16(13)20)9-15-17(21)19-12-5-3-4-6-14(12)23-15/h3-9,20H,2H2,1H3,(H,19,21)/b15-9-. The van der Waals surface area contributed by atoms with Gasteiger partial charge in [0.1, 0.15) is 0 Å². The van der Waals surface area contributed by atoms with E-state index in [1.165, 1.54) is 11.8 Å². The van der Waals surface area contributed by atoms with Crippen molar-refractivity contribution < 1.29 is 14.6 Å². The van der Waals surface area contributed by atoms with Crippen molar-refractivity contribution in [2.45, 2.75) is 11.8 Å². The Morgan fingerprint density at radius 3 is 2.91 bits per heavy atom. The molecule has 1 aliphatic heterocycles. The van der Waals surface area contributed by atoms with Crippen molar-refractivity contribution in [3.8, 4) is 11.5 Å². The number of fused-ring (bicyclic) bond motifs is 1. The monoisotopic (exact) mass is 439 g/mol. The summed E-state index contributed by atoms with van der Waals surface area (Å²) >= 11 is 3.48. The summed E-state index contributed by atoms with van der Waals surface area (Å²) in [5.74, 6) is 0.420. The Labute approximate surface area is 152 Å². The lowest BCUT2D eigenvalue weighted by molar-refractivity contribution is -0.112. The minimum absolute atomic E-state index is 0.126. The number of hydrogen-bond acceptors (Lipinski definition) is 4. The number of amides is 1. The van der Waals surface area contributed by atoms with Crippen molar-refractivity contribution in [1.29, 1.82) is 0 Å². The summed E-state index contributed by atoms with van der Waals surface area (Å²) in [7, 11) is 0. The lowest BCUT2D eigenvalue weighted by Gasteiger charge is -2.18. The van der Waals surface area contributed by atoms with Gasteiger partial charge in [-0.25, -0.2) is 0 Å². The highest BCUT2D eigenvalue weighted by atomic mass is 127. The normalized spacial score (nSPS) is 15.2. The van der Waals surface area contributed by atoms with Crippen LogP contribution in [0.1, 0.15) is 12.5 Å². The van der Waals surface area contributed by atoms with Crippen LogP contribution in [0.15, 0.2) is 46.2 Å². The van der Waals surface area contributed by atoms with E-state index in [2.05, 4.69) is 5.32 Å². The molecule has 0 saturated heterocycles. The van der Waals surface area contributed by atoms with Crippen molar-refractivity contribution in [2.75, 3.05) is 11.9 Å². The second-order valence-corrected chi connectivity index (χ2v) is 7.09. The fraction of sp³-hybridized carbons (Fsp3) is 0.118. The van der Waals surface area contributed by atoms with Gasteiger partial charge in [-0.2, -0.15) is 0 Å². The molecule has 1 aliphatic rings. The van der Waals surface area contributed by atoms with Gasteiger partial charge in [-0.15, -0.1) is 0 Å². The number of ether oxygens (including phenoxy) is 1. The van der Waals surface area contributed by atoms with Gasteiger partial charge >= 0.3 is 0 Å². The third kappa shape index (κ3) is 3.48. The van der Waals surface area contributed by atoms with Crippen LogP contribution in [0.3, 0.4) is 0 Å². The molecule has 0 aliphatic carbocycles. The number of nitrogens with one attached hydrogen (secondary N) is 1. The smallest absolute Gasteiger partial charge is 0.262 e. The number of carbonyl (C=O) groups excluding carboxylic acids is 1. The van der Waals surface area contributed by atoms with Gasteiger partial charge in [-0.3, -0.25) is 4.79 Å². The minimum Gasteiger partial charge on any atom is -0.504 e. The van der Waals surface area contributed by atoms with Crippen LogP contribution in [0, 0.1) is 3.57 Å². The summed E-state index contributed by atoms with van der Waals surface area (Å²) in [5, 5.41) is 12.9. The van der Waals surface area contributed by atoms with E-state index < -0.39 is 0 Å². The number of anilines is 1. The number of carbonyl (C=O) groups is 1. The highest BCUT2D eigenvalue weighted by molar-refractivity contribution is 14.1. The highest BCUT2D eigenvalue weighted by Crippen LogP contribution is 2.40. The molecule has 0 radical (unpaired) electrons. The summed E-state index contributed by atoms with van der Waals surface area (Å²) in [6.45, 7) is 2.32. The molecule has 2 aromatic rings. The number of aromatic hydroxyl groups is 1. The molecule has 6 heteroatoms. The summed E-state index contributed by atoms with van der Waals surface area (Å²) in [5.41, 5.74) is 1.64. The lowest BCUT2D eigenvalue weighted by Crippen LogP contribution is -2.17. The molecule has 1 amide bonds. The van der Waals surface area contributed by atoms with Crippen LogP contribution in [-0.4, -0.2) is 17.6 Å². The van der Waals surface area contributed by atoms with E-state index in [1.54, 1.807) is 12.1 Å². The summed E-state index contributed by atoms with van der Waals surface area (Å²) in [4.78, 5) is 13.9. The van der Waals surface area contributed by atoms with Crippen LogP contribution in [0.4, 0.5) is 5.69 Å². The number of thioether (sulfide) groups is 1. The quantitative estimate of drug-likeness (QED) is 0.547. The van der Waals surface area contributed by atoms with Gasteiger partial charge in [0, 0.05) is 4.90 Å². The van der Waals surface area contributed by atoms with Crippen LogP contribution >= 0.6 is 34.4 Å². The Kier molecular flexibility index (Phi) is 4.82. The highest BCUT2D eigenvalue weighted by Gasteiger charge is 2.20. The number of para-hydroxylation sites is 1. The van der Waals surface area contributed by atoms with Crippen molar-refractivity contribution in [3.63, 3.8) is 0 Å². The molecule has 2 N–H and O–H groups in total. The average molecular weight is 439 g/mol. The van der Waals surface area contributed by atoms with Gasteiger partial charge in [0.15, 0.2) is 11.5 Å². The van der Waals surface area contributed by atoms with Gasteiger partial charge in [0.25, 0.3) is 5.91 Å². The molecule has 0 spiro atoms. The first kappa shape index (κ1) is 16.2. The number of halogens is 1. The zero-order valence-corrected chi connectivity index (χ0v) is 15.3. The summed E-state index contributed by atoms with van der Waals surface area (Å²) in [6, 6.07) is 11.2. The Morgan fingerprint density at radius 1 is 1.35 bits per heavy atom. The van der Waals surface area contributed by atoms with Gasteiger partial charge in [-0.05, 0) is 65.4 Å². The SMILES string of the molecule is CCOc1cc(/C=C2\Sc3ccccc3NC2=O)cc(I)c1O. The first-order valence-electron chi connectivity index (χ1n) is 7.03. The molecule has 0 bridgehead atoms. The molecule has 0 atom stereocenters. The number of phenolic OH excluding ortho intramolecular Hbond substituents is 1. The topological polar surface area (TPSA) is 58.6 Å². The molecular weight excluding hydrogens is 425 g/mol. The Morgan fingerprint density at radius 2 is 2.13 bits per heavy atom. The molecular formula is C17H14INO3S. The molecule has 3 rings (SSSR count). The fourth-order valence-corrected chi connectivity index (χ4v) is 3.77. The summed E-state index contributed by atoms with van der Waals surface area (Å²) < 4.78 is 6.12. The van der Waals surface area contributed by atoms with E-state index in [9.17, 15) is 9.90 Å². The molecule has 0 aromatic heterocycles. The van der Waals surface area contributed by atoms with Gasteiger partial charge in [0.2, 0.25) is 0 Å². The van der Waals surface area contributed by atoms with Gasteiger partial charge in [0.05, 0.1) is 20.8 Å². The second kappa shape index (κ2) is 6.84. The van der Waals surface area contributed by atoms with Crippen molar-refractivity contribution in [1.82, 2.24) is 0 Å². The largest absolute Gasteiger partial charge is 0.504 e. The van der Waals surface area contributed by atoms with Crippen LogP contribution in [0.2, 0.25) is 0 Å². The molecule has 1 heterocycles. The maximum atomic E-state index is 12.2. The van der Waals surface area contributed by atoms with E-state index >= 15 is 0 Å². The zero-order chi connectivity index (χ0) is 16.4. The third-order valence-corrected chi connectivity index (χ3v) is 5.15. The first-order valence-corrected chi connectivity index (χ1v) is 8.93. The number of benzene rings is 2. The average Bonchev–Trinajstić information content (AvgIpc) is 2.53. The molecule has 0 unspecified atom stereocenters. The summed E-state index contributed by atoms with van der Waals surface area (Å²) in [6.07, 6.45) is 1.81. The molecule has 0 fully saturated rings. The minimum atomic E-state index is -0.130. The molecule has 4 nitrogen and oxygen atoms in total. The fourth-order valence-electron chi connectivity index (χ4n) is 2.20. The number of rotatable bonds is 3. The van der Waals surface area contributed by atoms with E-state index in [0.29, 0.717) is 20.8 Å². The Hall–Kier alpha value is -1.67.